The average molecular weight is 213 g/mol. The minimum absolute atomic E-state index is 0.0160. The zero-order valence-electron chi connectivity index (χ0n) is 9.31. The Kier molecular flexibility index (Phi) is 3.94. The highest BCUT2D eigenvalue weighted by Gasteiger charge is 2.28. The quantitative estimate of drug-likeness (QED) is 0.308. The number of carbonyl (C=O) groups excluding carboxylic acids is 1. The number of oxime groups is 1. The highest BCUT2D eigenvalue weighted by atomic mass is 16.4. The smallest absolute Gasteiger partial charge is 0.233 e. The summed E-state index contributed by atoms with van der Waals surface area (Å²) >= 11 is 0. The number of nitrogens with two attached hydrogens (primary N) is 1. The van der Waals surface area contributed by atoms with Gasteiger partial charge in [0.25, 0.3) is 0 Å². The molecule has 1 aliphatic heterocycles. The van der Waals surface area contributed by atoms with E-state index >= 15 is 0 Å². The number of hydrogen-bond acceptors (Lipinski definition) is 3. The monoisotopic (exact) mass is 213 g/mol. The lowest BCUT2D eigenvalue weighted by atomic mass is 10.0. The maximum atomic E-state index is 12.0. The number of nitrogens with zero attached hydrogens (tertiary/aromatic N) is 2. The molecule has 1 aliphatic rings. The van der Waals surface area contributed by atoms with Crippen LogP contribution in [0.5, 0.6) is 0 Å². The van der Waals surface area contributed by atoms with E-state index in [1.165, 1.54) is 6.42 Å². The topological polar surface area (TPSA) is 78.9 Å². The van der Waals surface area contributed by atoms with E-state index in [2.05, 4.69) is 5.16 Å². The van der Waals surface area contributed by atoms with Crippen LogP contribution in [0.1, 0.15) is 33.1 Å². The molecule has 0 radical (unpaired) electrons. The molecule has 0 aliphatic carbocycles. The number of hydrogen-bond donors (Lipinski definition) is 2. The van der Waals surface area contributed by atoms with E-state index in [4.69, 9.17) is 10.9 Å². The fourth-order valence-corrected chi connectivity index (χ4v) is 1.89. The maximum absolute atomic E-state index is 12.0. The highest BCUT2D eigenvalue weighted by molar-refractivity contribution is 6.01. The van der Waals surface area contributed by atoms with E-state index in [1.54, 1.807) is 6.92 Å². The fourth-order valence-electron chi connectivity index (χ4n) is 1.89. The molecule has 0 spiro atoms. The van der Waals surface area contributed by atoms with Crippen LogP contribution >= 0.6 is 0 Å². The third kappa shape index (κ3) is 2.61. The van der Waals surface area contributed by atoms with E-state index in [0.29, 0.717) is 0 Å². The molecule has 0 saturated carbocycles. The molecule has 1 rings (SSSR count). The number of rotatable bonds is 2. The molecular weight excluding hydrogens is 194 g/mol. The van der Waals surface area contributed by atoms with E-state index in [9.17, 15) is 4.79 Å². The summed E-state index contributed by atoms with van der Waals surface area (Å²) in [6, 6.07) is 0.264. The van der Waals surface area contributed by atoms with Crippen molar-refractivity contribution in [3.63, 3.8) is 0 Å². The van der Waals surface area contributed by atoms with Crippen LogP contribution in [0.25, 0.3) is 0 Å². The zero-order chi connectivity index (χ0) is 11.4. The highest BCUT2D eigenvalue weighted by Crippen LogP contribution is 2.18. The first-order chi connectivity index (χ1) is 7.07. The van der Waals surface area contributed by atoms with Gasteiger partial charge in [-0.1, -0.05) is 5.16 Å². The lowest BCUT2D eigenvalue weighted by molar-refractivity contribution is -0.136. The van der Waals surface area contributed by atoms with Crippen LogP contribution in [0.3, 0.4) is 0 Å². The van der Waals surface area contributed by atoms with Gasteiger partial charge in [0.2, 0.25) is 5.91 Å². The summed E-state index contributed by atoms with van der Waals surface area (Å²) in [6.45, 7) is 4.48. The Bertz CT molecular complexity index is 265. The Morgan fingerprint density at radius 2 is 2.27 bits per heavy atom. The van der Waals surface area contributed by atoms with Gasteiger partial charge in [0.1, 0.15) is 0 Å². The number of amidine groups is 1. The van der Waals surface area contributed by atoms with Crippen molar-refractivity contribution in [2.24, 2.45) is 16.8 Å². The van der Waals surface area contributed by atoms with Crippen molar-refractivity contribution in [1.82, 2.24) is 4.90 Å². The lowest BCUT2D eigenvalue weighted by Gasteiger charge is -2.34. The molecule has 0 aromatic rings. The summed E-state index contributed by atoms with van der Waals surface area (Å²) < 4.78 is 0. The average Bonchev–Trinajstić information content (AvgIpc) is 2.26. The number of amides is 1. The molecule has 5 heteroatoms. The largest absolute Gasteiger partial charge is 0.409 e. The molecule has 1 fully saturated rings. The summed E-state index contributed by atoms with van der Waals surface area (Å²) in [5.41, 5.74) is 5.42. The van der Waals surface area contributed by atoms with Crippen LogP contribution in [-0.2, 0) is 4.79 Å². The molecular formula is C10H19N3O2. The Morgan fingerprint density at radius 1 is 1.60 bits per heavy atom. The summed E-state index contributed by atoms with van der Waals surface area (Å²) in [7, 11) is 0. The van der Waals surface area contributed by atoms with Gasteiger partial charge in [0.05, 0.1) is 5.92 Å². The van der Waals surface area contributed by atoms with Crippen LogP contribution in [0.2, 0.25) is 0 Å². The van der Waals surface area contributed by atoms with E-state index in [-0.39, 0.29) is 17.8 Å². The second-order valence-corrected chi connectivity index (χ2v) is 4.12. The van der Waals surface area contributed by atoms with Crippen molar-refractivity contribution in [3.8, 4) is 0 Å². The minimum atomic E-state index is -0.532. The summed E-state index contributed by atoms with van der Waals surface area (Å²) in [6.07, 6.45) is 3.25. The first-order valence-corrected chi connectivity index (χ1v) is 5.35. The summed E-state index contributed by atoms with van der Waals surface area (Å²) in [4.78, 5) is 13.8. The second-order valence-electron chi connectivity index (χ2n) is 4.12. The molecule has 0 aromatic carbocycles. The molecule has 5 nitrogen and oxygen atoms in total. The summed E-state index contributed by atoms with van der Waals surface area (Å²) in [5.74, 6) is -0.592. The Labute approximate surface area is 89.9 Å². The number of likely N-dealkylation sites (tertiary alicyclic amines) is 1. The zero-order valence-corrected chi connectivity index (χ0v) is 9.31. The second kappa shape index (κ2) is 5.00. The van der Waals surface area contributed by atoms with Crippen molar-refractivity contribution in [2.75, 3.05) is 6.54 Å². The van der Waals surface area contributed by atoms with Gasteiger partial charge in [-0.3, -0.25) is 4.79 Å². The molecule has 1 amide bonds. The van der Waals surface area contributed by atoms with E-state index in [1.807, 2.05) is 11.8 Å². The van der Waals surface area contributed by atoms with Crippen molar-refractivity contribution in [3.05, 3.63) is 0 Å². The number of piperidine rings is 1. The molecule has 2 unspecified atom stereocenters. The molecule has 3 N–H and O–H groups in total. The van der Waals surface area contributed by atoms with Gasteiger partial charge in [-0.15, -0.1) is 0 Å². The SMILES string of the molecule is CC(C(=O)N1CCCCC1C)C(N)=NO. The van der Waals surface area contributed by atoms with Gasteiger partial charge >= 0.3 is 0 Å². The lowest BCUT2D eigenvalue weighted by Crippen LogP contribution is -2.47. The van der Waals surface area contributed by atoms with Gasteiger partial charge in [0, 0.05) is 12.6 Å². The van der Waals surface area contributed by atoms with E-state index in [0.717, 1.165) is 19.4 Å². The van der Waals surface area contributed by atoms with E-state index < -0.39 is 5.92 Å². The van der Waals surface area contributed by atoms with Gasteiger partial charge in [-0.25, -0.2) is 0 Å². The molecule has 0 aromatic heterocycles. The van der Waals surface area contributed by atoms with Gasteiger partial charge in [-0.2, -0.15) is 0 Å². The van der Waals surface area contributed by atoms with Crippen molar-refractivity contribution in [2.45, 2.75) is 39.2 Å². The minimum Gasteiger partial charge on any atom is -0.409 e. The molecule has 86 valence electrons. The predicted octanol–water partition coefficient (Wildman–Crippen LogP) is 0.770. The normalized spacial score (nSPS) is 25.1. The first-order valence-electron chi connectivity index (χ1n) is 5.35. The molecule has 1 heterocycles. The first kappa shape index (κ1) is 11.8. The third-order valence-electron chi connectivity index (χ3n) is 3.02. The molecule has 15 heavy (non-hydrogen) atoms. The fraction of sp³-hybridized carbons (Fsp3) is 0.800. The standard InChI is InChI=1S/C10H19N3O2/c1-7-5-3-4-6-13(7)10(14)8(2)9(11)12-15/h7-8,15H,3-6H2,1-2H3,(H2,11,12). The van der Waals surface area contributed by atoms with Crippen LogP contribution in [0.15, 0.2) is 5.16 Å². The van der Waals surface area contributed by atoms with Crippen LogP contribution in [-0.4, -0.2) is 34.4 Å². The Balaban J connectivity index is 2.66. The predicted molar refractivity (Wildman–Crippen MR) is 57.6 cm³/mol. The number of carbonyl (C=O) groups is 1. The van der Waals surface area contributed by atoms with Crippen molar-refractivity contribution >= 4 is 11.7 Å². The summed E-state index contributed by atoms with van der Waals surface area (Å²) in [5, 5.41) is 11.4. The Morgan fingerprint density at radius 3 is 2.80 bits per heavy atom. The third-order valence-corrected chi connectivity index (χ3v) is 3.02. The van der Waals surface area contributed by atoms with Gasteiger partial charge in [-0.05, 0) is 33.1 Å². The van der Waals surface area contributed by atoms with Crippen LogP contribution in [0.4, 0.5) is 0 Å². The van der Waals surface area contributed by atoms with Crippen LogP contribution < -0.4 is 5.73 Å². The maximum Gasteiger partial charge on any atom is 0.233 e. The molecule has 0 bridgehead atoms. The van der Waals surface area contributed by atoms with Crippen molar-refractivity contribution in [1.29, 1.82) is 0 Å². The van der Waals surface area contributed by atoms with Gasteiger partial charge < -0.3 is 15.8 Å². The molecule has 1 saturated heterocycles. The Hall–Kier alpha value is -1.26. The van der Waals surface area contributed by atoms with Crippen LogP contribution in [0, 0.1) is 5.92 Å². The van der Waals surface area contributed by atoms with Crippen molar-refractivity contribution < 1.29 is 10.0 Å². The van der Waals surface area contributed by atoms with Gasteiger partial charge in [0.15, 0.2) is 5.84 Å². The molecule has 2 atom stereocenters.